The minimum Gasteiger partial charge on any atom is -0.0839 e. The van der Waals surface area contributed by atoms with Crippen molar-refractivity contribution >= 4 is 0 Å². The molecule has 0 aliphatic heterocycles. The molecule has 0 saturated heterocycles. The summed E-state index contributed by atoms with van der Waals surface area (Å²) in [6.45, 7) is 6.95. The van der Waals surface area contributed by atoms with Crippen LogP contribution in [0.15, 0.2) is 23.3 Å². The molecule has 0 saturated carbocycles. The lowest BCUT2D eigenvalue weighted by atomic mass is 9.85. The summed E-state index contributed by atoms with van der Waals surface area (Å²) in [5.41, 5.74) is 3.39. The zero-order valence-electron chi connectivity index (χ0n) is 9.97. The van der Waals surface area contributed by atoms with Crippen LogP contribution in [-0.4, -0.2) is 0 Å². The molecular formula is C14H24. The third-order valence-electron chi connectivity index (χ3n) is 3.32. The molecule has 1 aliphatic carbocycles. The molecule has 0 aromatic carbocycles. The Balaban J connectivity index is 2.69. The average molecular weight is 192 g/mol. The van der Waals surface area contributed by atoms with Crippen LogP contribution in [-0.2, 0) is 0 Å². The smallest absolute Gasteiger partial charge is 0.0228 e. The lowest BCUT2D eigenvalue weighted by Gasteiger charge is -2.21. The van der Waals surface area contributed by atoms with Gasteiger partial charge >= 0.3 is 0 Å². The Hall–Kier alpha value is -0.520. The summed E-state index contributed by atoms with van der Waals surface area (Å²) >= 11 is 0. The largest absolute Gasteiger partial charge is 0.0839 e. The van der Waals surface area contributed by atoms with E-state index in [-0.39, 0.29) is 0 Å². The normalized spacial score (nSPS) is 18.8. The molecule has 0 N–H and O–H groups in total. The quantitative estimate of drug-likeness (QED) is 0.583. The fourth-order valence-electron chi connectivity index (χ4n) is 2.15. The van der Waals surface area contributed by atoms with E-state index in [1.807, 2.05) is 0 Å². The molecule has 0 fully saturated rings. The molecule has 0 nitrogen and oxygen atoms in total. The monoisotopic (exact) mass is 192 g/mol. The van der Waals surface area contributed by atoms with Crippen molar-refractivity contribution in [1.29, 1.82) is 0 Å². The number of allylic oxidation sites excluding steroid dienone is 4. The molecular weight excluding hydrogens is 168 g/mol. The van der Waals surface area contributed by atoms with E-state index in [4.69, 9.17) is 0 Å². The van der Waals surface area contributed by atoms with Gasteiger partial charge in [-0.1, -0.05) is 44.9 Å². The lowest BCUT2D eigenvalue weighted by molar-refractivity contribution is 0.606. The van der Waals surface area contributed by atoms with Gasteiger partial charge in [-0.2, -0.15) is 0 Å². The predicted octanol–water partition coefficient (Wildman–Crippen LogP) is 4.87. The second-order valence-corrected chi connectivity index (χ2v) is 4.40. The Kier molecular flexibility index (Phi) is 5.00. The van der Waals surface area contributed by atoms with Crippen molar-refractivity contribution in [2.75, 3.05) is 0 Å². The zero-order chi connectivity index (χ0) is 10.4. The topological polar surface area (TPSA) is 0 Å². The summed E-state index contributed by atoms with van der Waals surface area (Å²) in [7, 11) is 0. The van der Waals surface area contributed by atoms with E-state index in [9.17, 15) is 0 Å². The molecule has 1 rings (SSSR count). The van der Waals surface area contributed by atoms with Crippen molar-refractivity contribution in [3.8, 4) is 0 Å². The molecule has 0 amide bonds. The summed E-state index contributed by atoms with van der Waals surface area (Å²) < 4.78 is 0. The van der Waals surface area contributed by atoms with E-state index in [1.54, 1.807) is 11.1 Å². The number of hydrogen-bond acceptors (Lipinski definition) is 0. The molecule has 1 atom stereocenters. The van der Waals surface area contributed by atoms with Gasteiger partial charge in [0.25, 0.3) is 0 Å². The van der Waals surface area contributed by atoms with Gasteiger partial charge in [0.1, 0.15) is 0 Å². The van der Waals surface area contributed by atoms with E-state index >= 15 is 0 Å². The first-order valence-electron chi connectivity index (χ1n) is 6.18. The van der Waals surface area contributed by atoms with Crippen LogP contribution in [0, 0.1) is 5.92 Å². The molecule has 0 heterocycles. The highest BCUT2D eigenvalue weighted by molar-refractivity contribution is 5.30. The Morgan fingerprint density at radius 3 is 2.79 bits per heavy atom. The predicted molar refractivity (Wildman–Crippen MR) is 64.4 cm³/mol. The molecule has 0 radical (unpaired) electrons. The molecule has 80 valence electrons. The van der Waals surface area contributed by atoms with Crippen LogP contribution in [0.4, 0.5) is 0 Å². The van der Waals surface area contributed by atoms with Gasteiger partial charge in [-0.15, -0.1) is 0 Å². The van der Waals surface area contributed by atoms with E-state index in [1.165, 1.54) is 38.5 Å². The van der Waals surface area contributed by atoms with Crippen LogP contribution < -0.4 is 0 Å². The van der Waals surface area contributed by atoms with Crippen molar-refractivity contribution in [1.82, 2.24) is 0 Å². The summed E-state index contributed by atoms with van der Waals surface area (Å²) in [6, 6.07) is 0. The summed E-state index contributed by atoms with van der Waals surface area (Å²) in [5, 5.41) is 0. The maximum absolute atomic E-state index is 2.38. The number of rotatable bonds is 5. The van der Waals surface area contributed by atoms with Crippen LogP contribution in [0.25, 0.3) is 0 Å². The number of hydrogen-bond donors (Lipinski definition) is 0. The van der Waals surface area contributed by atoms with E-state index < -0.39 is 0 Å². The molecule has 0 aromatic rings. The molecule has 0 spiro atoms. The first-order chi connectivity index (χ1) is 6.79. The Labute approximate surface area is 89.1 Å². The van der Waals surface area contributed by atoms with Gasteiger partial charge in [-0.25, -0.2) is 0 Å². The third-order valence-corrected chi connectivity index (χ3v) is 3.32. The second-order valence-electron chi connectivity index (χ2n) is 4.40. The molecule has 0 bridgehead atoms. The maximum atomic E-state index is 2.38. The molecule has 14 heavy (non-hydrogen) atoms. The van der Waals surface area contributed by atoms with Crippen molar-refractivity contribution in [2.24, 2.45) is 5.92 Å². The second kappa shape index (κ2) is 6.06. The highest BCUT2D eigenvalue weighted by atomic mass is 14.2. The Morgan fingerprint density at radius 1 is 1.36 bits per heavy atom. The van der Waals surface area contributed by atoms with E-state index in [0.29, 0.717) is 0 Å². The van der Waals surface area contributed by atoms with Gasteiger partial charge in [-0.3, -0.25) is 0 Å². The van der Waals surface area contributed by atoms with Crippen molar-refractivity contribution in [3.63, 3.8) is 0 Å². The first-order valence-corrected chi connectivity index (χ1v) is 6.18. The highest BCUT2D eigenvalue weighted by Crippen LogP contribution is 2.30. The molecule has 1 aliphatic rings. The van der Waals surface area contributed by atoms with Gasteiger partial charge in [-0.05, 0) is 43.6 Å². The fraction of sp³-hybridized carbons (Fsp3) is 0.714. The Morgan fingerprint density at radius 2 is 2.14 bits per heavy atom. The summed E-state index contributed by atoms with van der Waals surface area (Å²) in [4.78, 5) is 0. The fourth-order valence-corrected chi connectivity index (χ4v) is 2.15. The van der Waals surface area contributed by atoms with Crippen LogP contribution >= 0.6 is 0 Å². The Bertz CT molecular complexity index is 220. The van der Waals surface area contributed by atoms with Gasteiger partial charge < -0.3 is 0 Å². The molecule has 0 aromatic heterocycles. The standard InChI is InChI=1S/C14H24/c1-4-6-9-13-10-7-8-11-14(13)12(3)5-2/h7,10,12H,4-6,8-9,11H2,1-3H3. The molecule has 1 unspecified atom stereocenters. The van der Waals surface area contributed by atoms with Crippen LogP contribution in [0.2, 0.25) is 0 Å². The minimum absolute atomic E-state index is 0.798. The molecule has 0 heteroatoms. The summed E-state index contributed by atoms with van der Waals surface area (Å²) in [5.74, 6) is 0.798. The van der Waals surface area contributed by atoms with E-state index in [2.05, 4.69) is 32.9 Å². The van der Waals surface area contributed by atoms with Crippen molar-refractivity contribution in [3.05, 3.63) is 23.3 Å². The van der Waals surface area contributed by atoms with Crippen molar-refractivity contribution in [2.45, 2.75) is 59.3 Å². The SMILES string of the molecule is CCCCC1=C(C(C)CC)CCC=C1. The minimum atomic E-state index is 0.798. The van der Waals surface area contributed by atoms with Gasteiger partial charge in [0.05, 0.1) is 0 Å². The van der Waals surface area contributed by atoms with Gasteiger partial charge in [0.2, 0.25) is 0 Å². The lowest BCUT2D eigenvalue weighted by Crippen LogP contribution is -2.04. The maximum Gasteiger partial charge on any atom is -0.0228 e. The zero-order valence-corrected chi connectivity index (χ0v) is 9.97. The van der Waals surface area contributed by atoms with Gasteiger partial charge in [0, 0.05) is 0 Å². The summed E-state index contributed by atoms with van der Waals surface area (Å²) in [6.07, 6.45) is 12.5. The number of unbranched alkanes of at least 4 members (excludes halogenated alkanes) is 1. The van der Waals surface area contributed by atoms with Crippen molar-refractivity contribution < 1.29 is 0 Å². The van der Waals surface area contributed by atoms with Crippen LogP contribution in [0.1, 0.15) is 59.3 Å². The first kappa shape index (κ1) is 11.6. The van der Waals surface area contributed by atoms with Gasteiger partial charge in [0.15, 0.2) is 0 Å². The average Bonchev–Trinajstić information content (AvgIpc) is 2.25. The highest BCUT2D eigenvalue weighted by Gasteiger charge is 2.12. The third kappa shape index (κ3) is 3.01. The van der Waals surface area contributed by atoms with Crippen LogP contribution in [0.5, 0.6) is 0 Å². The van der Waals surface area contributed by atoms with Crippen LogP contribution in [0.3, 0.4) is 0 Å². The van der Waals surface area contributed by atoms with E-state index in [0.717, 1.165) is 5.92 Å².